The summed E-state index contributed by atoms with van der Waals surface area (Å²) in [6.07, 6.45) is 2.91. The predicted octanol–water partition coefficient (Wildman–Crippen LogP) is 3.67. The van der Waals surface area contributed by atoms with Gasteiger partial charge in [0.15, 0.2) is 0 Å². The van der Waals surface area contributed by atoms with Crippen molar-refractivity contribution in [3.63, 3.8) is 0 Å². The Kier molecular flexibility index (Phi) is 4.15. The maximum absolute atomic E-state index is 12.0. The Morgan fingerprint density at radius 2 is 2.05 bits per heavy atom. The van der Waals surface area contributed by atoms with Crippen LogP contribution in [0.5, 0.6) is 0 Å². The quantitative estimate of drug-likeness (QED) is 0.784. The highest BCUT2D eigenvalue weighted by Gasteiger charge is 2.18. The Labute approximate surface area is 113 Å². The fourth-order valence-electron chi connectivity index (χ4n) is 2.34. The van der Waals surface area contributed by atoms with E-state index in [1.54, 1.807) is 0 Å². The van der Waals surface area contributed by atoms with Crippen LogP contribution in [-0.4, -0.2) is 18.1 Å². The Balaban J connectivity index is 2.65. The third-order valence-electron chi connectivity index (χ3n) is 3.38. The Morgan fingerprint density at radius 1 is 1.32 bits per heavy atom. The molecule has 2 rings (SSSR count). The second-order valence-electron chi connectivity index (χ2n) is 4.67. The number of hydrogen-bond acceptors (Lipinski definition) is 3. The molecular weight excluding hydrogens is 238 g/mol. The van der Waals surface area contributed by atoms with E-state index in [2.05, 4.69) is 11.9 Å². The standard InChI is InChI=1S/C16H19NO2/c1-4-5-9-14-15(16(18)19-3)11(2)12-8-6-7-10-13(12)17-14/h6-8,10H,4-5,9H2,1-3H3. The SMILES string of the molecule is CCCCc1nc2ccccc2c(C)c1C(=O)OC. The first-order valence-electron chi connectivity index (χ1n) is 6.65. The van der Waals surface area contributed by atoms with Crippen molar-refractivity contribution in [2.75, 3.05) is 7.11 Å². The number of rotatable bonds is 4. The topological polar surface area (TPSA) is 39.2 Å². The van der Waals surface area contributed by atoms with Crippen LogP contribution in [0.3, 0.4) is 0 Å². The van der Waals surface area contributed by atoms with E-state index in [0.717, 1.165) is 41.4 Å². The first-order chi connectivity index (χ1) is 9.19. The lowest BCUT2D eigenvalue weighted by molar-refractivity contribution is 0.0598. The second-order valence-corrected chi connectivity index (χ2v) is 4.67. The normalized spacial score (nSPS) is 10.7. The lowest BCUT2D eigenvalue weighted by atomic mass is 9.99. The van der Waals surface area contributed by atoms with Gasteiger partial charge in [0.05, 0.1) is 23.9 Å². The molecule has 19 heavy (non-hydrogen) atoms. The van der Waals surface area contributed by atoms with Crippen molar-refractivity contribution in [1.29, 1.82) is 0 Å². The number of methoxy groups -OCH3 is 1. The van der Waals surface area contributed by atoms with Gasteiger partial charge >= 0.3 is 5.97 Å². The fraction of sp³-hybridized carbons (Fsp3) is 0.375. The molecule has 0 bridgehead atoms. The molecular formula is C16H19NO2. The van der Waals surface area contributed by atoms with Crippen LogP contribution in [0.1, 0.15) is 41.4 Å². The molecule has 0 spiro atoms. The lowest BCUT2D eigenvalue weighted by Gasteiger charge is -2.12. The van der Waals surface area contributed by atoms with Crippen LogP contribution in [0.25, 0.3) is 10.9 Å². The van der Waals surface area contributed by atoms with E-state index in [0.29, 0.717) is 5.56 Å². The van der Waals surface area contributed by atoms with Crippen molar-refractivity contribution >= 4 is 16.9 Å². The van der Waals surface area contributed by atoms with Crippen molar-refractivity contribution in [2.45, 2.75) is 33.1 Å². The van der Waals surface area contributed by atoms with Crippen LogP contribution in [0.2, 0.25) is 0 Å². The third kappa shape index (κ3) is 2.60. The molecule has 0 atom stereocenters. The number of carbonyl (C=O) groups is 1. The Morgan fingerprint density at radius 3 is 2.74 bits per heavy atom. The van der Waals surface area contributed by atoms with Gasteiger partial charge in [0.2, 0.25) is 0 Å². The molecule has 0 N–H and O–H groups in total. The zero-order valence-electron chi connectivity index (χ0n) is 11.7. The average molecular weight is 257 g/mol. The summed E-state index contributed by atoms with van der Waals surface area (Å²) in [5.74, 6) is -0.290. The molecule has 1 aromatic heterocycles. The van der Waals surface area contributed by atoms with Gasteiger partial charge in [0, 0.05) is 5.39 Å². The van der Waals surface area contributed by atoms with Gasteiger partial charge in [-0.15, -0.1) is 0 Å². The highest BCUT2D eigenvalue weighted by molar-refractivity contribution is 5.98. The van der Waals surface area contributed by atoms with E-state index in [4.69, 9.17) is 4.74 Å². The molecule has 2 aromatic rings. The van der Waals surface area contributed by atoms with Gasteiger partial charge < -0.3 is 4.74 Å². The highest BCUT2D eigenvalue weighted by Crippen LogP contribution is 2.24. The summed E-state index contributed by atoms with van der Waals surface area (Å²) in [5, 5.41) is 1.02. The van der Waals surface area contributed by atoms with Gasteiger partial charge in [-0.2, -0.15) is 0 Å². The van der Waals surface area contributed by atoms with E-state index >= 15 is 0 Å². The summed E-state index contributed by atoms with van der Waals surface area (Å²) >= 11 is 0. The minimum absolute atomic E-state index is 0.290. The van der Waals surface area contributed by atoms with E-state index in [9.17, 15) is 4.79 Å². The van der Waals surface area contributed by atoms with Crippen molar-refractivity contribution in [1.82, 2.24) is 4.98 Å². The van der Waals surface area contributed by atoms with Crippen LogP contribution in [0, 0.1) is 6.92 Å². The van der Waals surface area contributed by atoms with Crippen LogP contribution in [0.4, 0.5) is 0 Å². The number of aryl methyl sites for hydroxylation is 2. The minimum Gasteiger partial charge on any atom is -0.465 e. The van der Waals surface area contributed by atoms with Gasteiger partial charge in [-0.3, -0.25) is 4.98 Å². The van der Waals surface area contributed by atoms with Crippen LogP contribution < -0.4 is 0 Å². The lowest BCUT2D eigenvalue weighted by Crippen LogP contribution is -2.11. The summed E-state index contributed by atoms with van der Waals surface area (Å²) in [6, 6.07) is 7.91. The van der Waals surface area contributed by atoms with Crippen LogP contribution in [0.15, 0.2) is 24.3 Å². The summed E-state index contributed by atoms with van der Waals surface area (Å²) in [6.45, 7) is 4.09. The number of fused-ring (bicyclic) bond motifs is 1. The smallest absolute Gasteiger partial charge is 0.340 e. The molecule has 0 saturated heterocycles. The number of carbonyl (C=O) groups excluding carboxylic acids is 1. The molecule has 3 heteroatoms. The largest absolute Gasteiger partial charge is 0.465 e. The molecule has 0 fully saturated rings. The monoisotopic (exact) mass is 257 g/mol. The molecule has 1 aromatic carbocycles. The molecule has 0 aliphatic carbocycles. The van der Waals surface area contributed by atoms with Crippen LogP contribution >= 0.6 is 0 Å². The molecule has 1 heterocycles. The second kappa shape index (κ2) is 5.83. The molecule has 0 radical (unpaired) electrons. The van der Waals surface area contributed by atoms with Crippen LogP contribution in [-0.2, 0) is 11.2 Å². The number of aromatic nitrogens is 1. The molecule has 0 saturated carbocycles. The average Bonchev–Trinajstić information content (AvgIpc) is 2.44. The van der Waals surface area contributed by atoms with Gasteiger partial charge in [-0.05, 0) is 31.4 Å². The number of hydrogen-bond donors (Lipinski definition) is 0. The zero-order valence-corrected chi connectivity index (χ0v) is 11.7. The maximum Gasteiger partial charge on any atom is 0.340 e. The molecule has 100 valence electrons. The summed E-state index contributed by atoms with van der Waals surface area (Å²) < 4.78 is 4.91. The molecule has 0 aliphatic rings. The number of ether oxygens (including phenoxy) is 1. The number of esters is 1. The van der Waals surface area contributed by atoms with Crippen molar-refractivity contribution in [3.8, 4) is 0 Å². The third-order valence-corrected chi connectivity index (χ3v) is 3.38. The number of unbranched alkanes of at least 4 members (excludes halogenated alkanes) is 1. The van der Waals surface area contributed by atoms with Crippen molar-refractivity contribution in [3.05, 3.63) is 41.1 Å². The number of benzene rings is 1. The van der Waals surface area contributed by atoms with E-state index in [1.165, 1.54) is 7.11 Å². The summed E-state index contributed by atoms with van der Waals surface area (Å²) in [7, 11) is 1.42. The van der Waals surface area contributed by atoms with E-state index in [1.807, 2.05) is 31.2 Å². The zero-order chi connectivity index (χ0) is 13.8. The van der Waals surface area contributed by atoms with Gasteiger partial charge in [0.1, 0.15) is 0 Å². The van der Waals surface area contributed by atoms with E-state index in [-0.39, 0.29) is 5.97 Å². The Hall–Kier alpha value is -1.90. The number of pyridine rings is 1. The molecule has 3 nitrogen and oxygen atoms in total. The first-order valence-corrected chi connectivity index (χ1v) is 6.65. The molecule has 0 unspecified atom stereocenters. The summed E-state index contributed by atoms with van der Waals surface area (Å²) in [4.78, 5) is 16.6. The first kappa shape index (κ1) is 13.5. The number of nitrogens with zero attached hydrogens (tertiary/aromatic N) is 1. The van der Waals surface area contributed by atoms with Gasteiger partial charge in [-0.25, -0.2) is 4.79 Å². The van der Waals surface area contributed by atoms with Crippen molar-refractivity contribution < 1.29 is 9.53 Å². The maximum atomic E-state index is 12.0. The summed E-state index contributed by atoms with van der Waals surface area (Å²) in [5.41, 5.74) is 3.39. The fourth-order valence-corrected chi connectivity index (χ4v) is 2.34. The van der Waals surface area contributed by atoms with Crippen molar-refractivity contribution in [2.24, 2.45) is 0 Å². The minimum atomic E-state index is -0.290. The molecule has 0 amide bonds. The number of para-hydroxylation sites is 1. The van der Waals surface area contributed by atoms with Gasteiger partial charge in [0.25, 0.3) is 0 Å². The van der Waals surface area contributed by atoms with Gasteiger partial charge in [-0.1, -0.05) is 31.5 Å². The highest BCUT2D eigenvalue weighted by atomic mass is 16.5. The Bertz CT molecular complexity index is 605. The van der Waals surface area contributed by atoms with E-state index < -0.39 is 0 Å². The molecule has 0 aliphatic heterocycles. The predicted molar refractivity (Wildman–Crippen MR) is 76.4 cm³/mol.